The molecule has 0 N–H and O–H groups in total. The number of carbonyl (C=O) groups is 1. The number of aryl methyl sites for hydroxylation is 2. The van der Waals surface area contributed by atoms with Crippen molar-refractivity contribution in [1.29, 1.82) is 0 Å². The van der Waals surface area contributed by atoms with Crippen molar-refractivity contribution in [2.45, 2.75) is 25.8 Å². The van der Waals surface area contributed by atoms with Gasteiger partial charge in [-0.3, -0.25) is 0 Å². The monoisotopic (exact) mass is 358 g/mol. The molecule has 0 aliphatic heterocycles. The number of carbonyl (C=O) groups excluding carboxylic acids is 1. The third-order valence-corrected chi connectivity index (χ3v) is 4.55. The van der Waals surface area contributed by atoms with Crippen molar-refractivity contribution in [3.63, 3.8) is 0 Å². The van der Waals surface area contributed by atoms with Gasteiger partial charge in [0.1, 0.15) is 10.6 Å². The molecule has 0 aliphatic carbocycles. The van der Waals surface area contributed by atoms with E-state index in [1.54, 1.807) is 33.1 Å². The first-order valence-corrected chi connectivity index (χ1v) is 9.86. The summed E-state index contributed by atoms with van der Waals surface area (Å²) in [5.41, 5.74) is 1.48. The molecule has 0 fully saturated rings. The Morgan fingerprint density at radius 1 is 1.35 bits per heavy atom. The van der Waals surface area contributed by atoms with E-state index in [9.17, 15) is 13.2 Å². The molecule has 2 heterocycles. The van der Waals surface area contributed by atoms with Crippen LogP contribution in [-0.2, 0) is 14.8 Å². The van der Waals surface area contributed by atoms with Crippen LogP contribution >= 0.6 is 11.8 Å². The number of esters is 1. The first kappa shape index (κ1) is 17.5. The smallest absolute Gasteiger partial charge is 0.344 e. The molecule has 0 radical (unpaired) electrons. The minimum Gasteiger partial charge on any atom is -0.462 e. The summed E-state index contributed by atoms with van der Waals surface area (Å²) in [6.07, 6.45) is 2.73. The summed E-state index contributed by atoms with van der Waals surface area (Å²) in [5, 5.41) is 8.61. The molecule has 2 rings (SSSR count). The molecule has 126 valence electrons. The van der Waals surface area contributed by atoms with E-state index in [2.05, 4.69) is 10.2 Å². The maximum Gasteiger partial charge on any atom is 0.344 e. The van der Waals surface area contributed by atoms with Gasteiger partial charge in [-0.15, -0.1) is 20.9 Å². The first-order valence-electron chi connectivity index (χ1n) is 6.79. The molecule has 2 aromatic heterocycles. The topological polar surface area (TPSA) is 96.1 Å². The molecule has 0 aromatic carbocycles. The SMILES string of the molecule is CCOC(=O)c1c(SC)nn(S(C)(=O)=O)c1-n1nc(C)cc1C. The Morgan fingerprint density at radius 3 is 2.43 bits per heavy atom. The molecule has 2 aromatic rings. The fraction of sp³-hybridized carbons (Fsp3) is 0.462. The highest BCUT2D eigenvalue weighted by Gasteiger charge is 2.30. The van der Waals surface area contributed by atoms with Gasteiger partial charge in [-0.2, -0.15) is 5.10 Å². The van der Waals surface area contributed by atoms with E-state index >= 15 is 0 Å². The molecule has 10 heteroatoms. The molecule has 0 aliphatic rings. The molecule has 0 saturated carbocycles. The Bertz CT molecular complexity index is 852. The Balaban J connectivity index is 2.87. The molecular weight excluding hydrogens is 340 g/mol. The zero-order valence-corrected chi connectivity index (χ0v) is 15.2. The van der Waals surface area contributed by atoms with E-state index in [0.29, 0.717) is 11.4 Å². The minimum atomic E-state index is -3.73. The predicted molar refractivity (Wildman–Crippen MR) is 86.8 cm³/mol. The van der Waals surface area contributed by atoms with Crippen molar-refractivity contribution in [2.75, 3.05) is 19.1 Å². The zero-order chi connectivity index (χ0) is 17.4. The molecule has 23 heavy (non-hydrogen) atoms. The third kappa shape index (κ3) is 3.27. The van der Waals surface area contributed by atoms with Crippen molar-refractivity contribution in [3.05, 3.63) is 23.0 Å². The number of rotatable bonds is 5. The van der Waals surface area contributed by atoms with Gasteiger partial charge in [0.15, 0.2) is 5.82 Å². The van der Waals surface area contributed by atoms with Gasteiger partial charge in [0, 0.05) is 5.69 Å². The van der Waals surface area contributed by atoms with Gasteiger partial charge >= 0.3 is 5.97 Å². The predicted octanol–water partition coefficient (Wildman–Crippen LogP) is 1.39. The second-order valence-electron chi connectivity index (χ2n) is 4.87. The molecule has 0 amide bonds. The van der Waals surface area contributed by atoms with Crippen LogP contribution in [0.2, 0.25) is 0 Å². The summed E-state index contributed by atoms with van der Waals surface area (Å²) in [7, 11) is -3.73. The number of aromatic nitrogens is 4. The van der Waals surface area contributed by atoms with Crippen LogP contribution in [0.5, 0.6) is 0 Å². The van der Waals surface area contributed by atoms with Crippen molar-refractivity contribution < 1.29 is 17.9 Å². The molecule has 0 saturated heterocycles. The second kappa shape index (κ2) is 6.36. The van der Waals surface area contributed by atoms with Gasteiger partial charge in [0.05, 0.1) is 18.6 Å². The highest BCUT2D eigenvalue weighted by Crippen LogP contribution is 2.28. The van der Waals surface area contributed by atoms with Gasteiger partial charge in [0.25, 0.3) is 10.0 Å². The van der Waals surface area contributed by atoms with Crippen molar-refractivity contribution in [2.24, 2.45) is 0 Å². The van der Waals surface area contributed by atoms with Crippen LogP contribution in [0.25, 0.3) is 5.82 Å². The second-order valence-corrected chi connectivity index (χ2v) is 7.48. The molecule has 0 atom stereocenters. The van der Waals surface area contributed by atoms with E-state index in [-0.39, 0.29) is 23.0 Å². The van der Waals surface area contributed by atoms with Gasteiger partial charge in [0.2, 0.25) is 0 Å². The summed E-state index contributed by atoms with van der Waals surface area (Å²) < 4.78 is 31.5. The standard InChI is InChI=1S/C13H18N4O4S2/c1-6-21-13(18)10-11(22-4)15-17(23(5,19)20)12(10)16-9(3)7-8(2)14-16/h7H,6H2,1-5H3. The van der Waals surface area contributed by atoms with E-state index in [1.807, 2.05) is 0 Å². The van der Waals surface area contributed by atoms with Crippen LogP contribution in [0.15, 0.2) is 11.1 Å². The van der Waals surface area contributed by atoms with E-state index < -0.39 is 16.0 Å². The van der Waals surface area contributed by atoms with Crippen LogP contribution in [0.3, 0.4) is 0 Å². The lowest BCUT2D eigenvalue weighted by atomic mass is 10.3. The van der Waals surface area contributed by atoms with E-state index in [0.717, 1.165) is 10.3 Å². The highest BCUT2D eigenvalue weighted by molar-refractivity contribution is 7.98. The van der Waals surface area contributed by atoms with Gasteiger partial charge in [-0.1, -0.05) is 0 Å². The van der Waals surface area contributed by atoms with E-state index in [1.165, 1.54) is 16.4 Å². The summed E-state index contributed by atoms with van der Waals surface area (Å²) in [5.74, 6) is -0.560. The zero-order valence-electron chi connectivity index (χ0n) is 13.5. The molecule has 0 bridgehead atoms. The Kier molecular flexibility index (Phi) is 4.85. The molecule has 0 unspecified atom stereocenters. The summed E-state index contributed by atoms with van der Waals surface area (Å²) in [4.78, 5) is 12.4. The lowest BCUT2D eigenvalue weighted by Gasteiger charge is -2.09. The Labute approximate surface area is 138 Å². The van der Waals surface area contributed by atoms with Crippen molar-refractivity contribution in [3.8, 4) is 5.82 Å². The summed E-state index contributed by atoms with van der Waals surface area (Å²) >= 11 is 1.17. The Hall–Kier alpha value is -1.81. The summed E-state index contributed by atoms with van der Waals surface area (Å²) in [6.45, 7) is 5.41. The van der Waals surface area contributed by atoms with Crippen LogP contribution < -0.4 is 0 Å². The molecule has 0 spiro atoms. The Morgan fingerprint density at radius 2 is 2.00 bits per heavy atom. The number of thioether (sulfide) groups is 1. The van der Waals surface area contributed by atoms with Crippen LogP contribution in [0.1, 0.15) is 28.7 Å². The first-order chi connectivity index (χ1) is 10.7. The highest BCUT2D eigenvalue weighted by atomic mass is 32.2. The lowest BCUT2D eigenvalue weighted by molar-refractivity contribution is 0.0522. The normalized spacial score (nSPS) is 11.7. The quantitative estimate of drug-likeness (QED) is 0.588. The number of nitrogens with zero attached hydrogens (tertiary/aromatic N) is 4. The third-order valence-electron chi connectivity index (χ3n) is 3.00. The van der Waals surface area contributed by atoms with Crippen LogP contribution in [0.4, 0.5) is 0 Å². The van der Waals surface area contributed by atoms with Crippen molar-refractivity contribution >= 4 is 27.8 Å². The fourth-order valence-corrected chi connectivity index (χ4v) is 3.46. The average Bonchev–Trinajstić information content (AvgIpc) is 2.98. The number of hydrogen-bond donors (Lipinski definition) is 0. The largest absolute Gasteiger partial charge is 0.462 e. The summed E-state index contributed by atoms with van der Waals surface area (Å²) in [6, 6.07) is 1.79. The maximum atomic E-state index is 12.4. The van der Waals surface area contributed by atoms with E-state index in [4.69, 9.17) is 4.74 Å². The van der Waals surface area contributed by atoms with Gasteiger partial charge < -0.3 is 4.74 Å². The van der Waals surface area contributed by atoms with Gasteiger partial charge in [-0.25, -0.2) is 17.9 Å². The number of hydrogen-bond acceptors (Lipinski definition) is 7. The van der Waals surface area contributed by atoms with Gasteiger partial charge in [-0.05, 0) is 33.1 Å². The van der Waals surface area contributed by atoms with Crippen LogP contribution in [-0.4, -0.2) is 52.5 Å². The fourth-order valence-electron chi connectivity index (χ4n) is 2.16. The molecular formula is C13H18N4O4S2. The average molecular weight is 358 g/mol. The minimum absolute atomic E-state index is 0.0703. The lowest BCUT2D eigenvalue weighted by Crippen LogP contribution is -2.19. The van der Waals surface area contributed by atoms with Crippen LogP contribution in [0, 0.1) is 13.8 Å². The van der Waals surface area contributed by atoms with Crippen molar-refractivity contribution in [1.82, 2.24) is 19.0 Å². The maximum absolute atomic E-state index is 12.4. The molecule has 8 nitrogen and oxygen atoms in total. The number of ether oxygens (including phenoxy) is 1.